The molecule has 0 amide bonds. The van der Waals surface area contributed by atoms with Gasteiger partial charge in [-0.2, -0.15) is 0 Å². The Morgan fingerprint density at radius 1 is 1.39 bits per heavy atom. The number of ether oxygens (including phenoxy) is 1. The minimum Gasteiger partial charge on any atom is -0.480 e. The van der Waals surface area contributed by atoms with Crippen LogP contribution in [0.25, 0.3) is 10.6 Å². The highest BCUT2D eigenvalue weighted by Gasteiger charge is 2.49. The molecule has 0 aliphatic carbocycles. The quantitative estimate of drug-likeness (QED) is 0.908. The molecule has 3 heterocycles. The molecule has 0 saturated carbocycles. The summed E-state index contributed by atoms with van der Waals surface area (Å²) >= 11 is 1.44. The van der Waals surface area contributed by atoms with Crippen molar-refractivity contribution in [2.45, 2.75) is 5.41 Å². The van der Waals surface area contributed by atoms with Crippen molar-refractivity contribution in [3.63, 3.8) is 0 Å². The van der Waals surface area contributed by atoms with Gasteiger partial charge in [0, 0.05) is 23.3 Å². The van der Waals surface area contributed by atoms with Crippen molar-refractivity contribution < 1.29 is 14.6 Å². The number of nitrogens with zero attached hydrogens (tertiary/aromatic N) is 2. The van der Waals surface area contributed by atoms with Crippen molar-refractivity contribution in [1.82, 2.24) is 9.97 Å². The lowest BCUT2D eigenvalue weighted by molar-refractivity contribution is -0.163. The molecule has 1 aliphatic heterocycles. The zero-order valence-corrected chi connectivity index (χ0v) is 10.2. The summed E-state index contributed by atoms with van der Waals surface area (Å²) < 4.78 is 5.04. The first kappa shape index (κ1) is 11.3. The number of hydrogen-bond donors (Lipinski definition) is 1. The van der Waals surface area contributed by atoms with E-state index in [9.17, 15) is 9.90 Å². The van der Waals surface area contributed by atoms with Crippen LogP contribution in [-0.2, 0) is 14.9 Å². The van der Waals surface area contributed by atoms with Crippen LogP contribution in [0.1, 0.15) is 5.69 Å². The highest BCUT2D eigenvalue weighted by Crippen LogP contribution is 2.35. The second kappa shape index (κ2) is 4.15. The van der Waals surface area contributed by atoms with Crippen LogP contribution in [0.3, 0.4) is 0 Å². The average Bonchev–Trinajstić information content (AvgIpc) is 2.78. The average molecular weight is 262 g/mol. The maximum Gasteiger partial charge on any atom is 0.320 e. The first-order valence-corrected chi connectivity index (χ1v) is 6.28. The Morgan fingerprint density at radius 3 is 2.67 bits per heavy atom. The Balaban J connectivity index is 1.97. The third-order valence-electron chi connectivity index (χ3n) is 3.03. The van der Waals surface area contributed by atoms with Crippen LogP contribution in [0, 0.1) is 0 Å². The van der Waals surface area contributed by atoms with Crippen molar-refractivity contribution in [3.8, 4) is 10.6 Å². The number of aliphatic carboxylic acids is 1. The Kier molecular flexibility index (Phi) is 2.61. The second-order valence-electron chi connectivity index (χ2n) is 4.15. The Labute approximate surface area is 107 Å². The Bertz CT molecular complexity index is 578. The van der Waals surface area contributed by atoms with Crippen LogP contribution in [0.5, 0.6) is 0 Å². The molecule has 3 rings (SSSR count). The van der Waals surface area contributed by atoms with Gasteiger partial charge in [-0.15, -0.1) is 11.3 Å². The number of carboxylic acid groups (broad SMARTS) is 1. The van der Waals surface area contributed by atoms with Crippen molar-refractivity contribution in [2.75, 3.05) is 13.2 Å². The van der Waals surface area contributed by atoms with E-state index < -0.39 is 11.4 Å². The van der Waals surface area contributed by atoms with Gasteiger partial charge in [-0.1, -0.05) is 0 Å². The van der Waals surface area contributed by atoms with E-state index >= 15 is 0 Å². The fourth-order valence-corrected chi connectivity index (χ4v) is 2.73. The lowest BCUT2D eigenvalue weighted by Gasteiger charge is -2.35. The molecule has 2 aromatic rings. The third-order valence-corrected chi connectivity index (χ3v) is 3.92. The minimum absolute atomic E-state index is 0.196. The zero-order chi connectivity index (χ0) is 12.6. The van der Waals surface area contributed by atoms with Crippen molar-refractivity contribution in [2.24, 2.45) is 0 Å². The number of pyridine rings is 1. The van der Waals surface area contributed by atoms with E-state index in [1.54, 1.807) is 17.8 Å². The second-order valence-corrected chi connectivity index (χ2v) is 5.01. The monoisotopic (exact) mass is 262 g/mol. The fourth-order valence-electron chi connectivity index (χ4n) is 1.81. The molecule has 1 fully saturated rings. The van der Waals surface area contributed by atoms with Crippen molar-refractivity contribution >= 4 is 17.3 Å². The number of aromatic nitrogens is 2. The fraction of sp³-hybridized carbons (Fsp3) is 0.250. The molecule has 1 saturated heterocycles. The number of rotatable bonds is 3. The van der Waals surface area contributed by atoms with Crippen molar-refractivity contribution in [3.05, 3.63) is 35.6 Å². The maximum atomic E-state index is 11.3. The summed E-state index contributed by atoms with van der Waals surface area (Å²) in [4.78, 5) is 19.7. The number of carboxylic acids is 1. The summed E-state index contributed by atoms with van der Waals surface area (Å²) in [6.07, 6.45) is 3.38. The van der Waals surface area contributed by atoms with Gasteiger partial charge in [0.15, 0.2) is 5.41 Å². The first-order valence-electron chi connectivity index (χ1n) is 5.40. The summed E-state index contributed by atoms with van der Waals surface area (Å²) in [5.41, 5.74) is 0.571. The summed E-state index contributed by atoms with van der Waals surface area (Å²) in [5.74, 6) is -0.875. The van der Waals surface area contributed by atoms with Crippen LogP contribution >= 0.6 is 11.3 Å². The highest BCUT2D eigenvalue weighted by molar-refractivity contribution is 7.13. The number of carbonyl (C=O) groups is 1. The minimum atomic E-state index is -0.957. The van der Waals surface area contributed by atoms with Crippen LogP contribution < -0.4 is 0 Å². The zero-order valence-electron chi connectivity index (χ0n) is 9.37. The standard InChI is InChI=1S/C12H10N2O3S/c15-11(16)12(6-17-7-12)9-5-18-10(14-9)8-1-3-13-4-2-8/h1-5H,6-7H2,(H,15,16). The molecule has 0 radical (unpaired) electrons. The van der Waals surface area contributed by atoms with Gasteiger partial charge in [0.2, 0.25) is 0 Å². The van der Waals surface area contributed by atoms with Gasteiger partial charge < -0.3 is 9.84 Å². The van der Waals surface area contributed by atoms with E-state index in [1.165, 1.54) is 11.3 Å². The Hall–Kier alpha value is -1.79. The molecule has 0 spiro atoms. The molecule has 6 heteroatoms. The summed E-state index contributed by atoms with van der Waals surface area (Å²) in [6, 6.07) is 3.71. The third kappa shape index (κ3) is 1.61. The largest absolute Gasteiger partial charge is 0.480 e. The van der Waals surface area contributed by atoms with E-state index in [0.717, 1.165) is 10.6 Å². The summed E-state index contributed by atoms with van der Waals surface area (Å²) in [6.45, 7) is 0.393. The molecule has 2 aromatic heterocycles. The van der Waals surface area contributed by atoms with Gasteiger partial charge in [-0.25, -0.2) is 4.98 Å². The molecule has 0 bridgehead atoms. The topological polar surface area (TPSA) is 72.3 Å². The van der Waals surface area contributed by atoms with Crippen LogP contribution in [0.2, 0.25) is 0 Å². The van der Waals surface area contributed by atoms with Crippen LogP contribution in [0.15, 0.2) is 29.9 Å². The van der Waals surface area contributed by atoms with Crippen LogP contribution in [0.4, 0.5) is 0 Å². The molecule has 1 N–H and O–H groups in total. The first-order chi connectivity index (χ1) is 8.72. The highest BCUT2D eigenvalue weighted by atomic mass is 32.1. The van der Waals surface area contributed by atoms with E-state index in [2.05, 4.69) is 9.97 Å². The molecule has 5 nitrogen and oxygen atoms in total. The van der Waals surface area contributed by atoms with Gasteiger partial charge in [0.1, 0.15) is 5.01 Å². The van der Waals surface area contributed by atoms with Gasteiger partial charge in [-0.3, -0.25) is 9.78 Å². The van der Waals surface area contributed by atoms with Gasteiger partial charge in [-0.05, 0) is 12.1 Å². The molecule has 0 aromatic carbocycles. The van der Waals surface area contributed by atoms with E-state index in [4.69, 9.17) is 4.74 Å². The van der Waals surface area contributed by atoms with Crippen LogP contribution in [-0.4, -0.2) is 34.3 Å². The molecular weight excluding hydrogens is 252 g/mol. The SMILES string of the molecule is O=C(O)C1(c2csc(-c3ccncc3)n2)COC1. The molecule has 1 aliphatic rings. The predicted octanol–water partition coefficient (Wildman–Crippen LogP) is 1.56. The van der Waals surface area contributed by atoms with Gasteiger partial charge in [0.05, 0.1) is 18.9 Å². The summed E-state index contributed by atoms with van der Waals surface area (Å²) in [5, 5.41) is 11.9. The maximum absolute atomic E-state index is 11.3. The smallest absolute Gasteiger partial charge is 0.320 e. The van der Waals surface area contributed by atoms with E-state index in [-0.39, 0.29) is 13.2 Å². The number of hydrogen-bond acceptors (Lipinski definition) is 5. The van der Waals surface area contributed by atoms with Gasteiger partial charge >= 0.3 is 5.97 Å². The lowest BCUT2D eigenvalue weighted by Crippen LogP contribution is -2.53. The summed E-state index contributed by atoms with van der Waals surface area (Å²) in [7, 11) is 0. The number of thiazole rings is 1. The normalized spacial score (nSPS) is 17.1. The van der Waals surface area contributed by atoms with Gasteiger partial charge in [0.25, 0.3) is 0 Å². The lowest BCUT2D eigenvalue weighted by atomic mass is 9.83. The molecule has 18 heavy (non-hydrogen) atoms. The predicted molar refractivity (Wildman–Crippen MR) is 65.5 cm³/mol. The van der Waals surface area contributed by atoms with E-state index in [0.29, 0.717) is 5.69 Å². The van der Waals surface area contributed by atoms with Crippen molar-refractivity contribution in [1.29, 1.82) is 0 Å². The molecule has 92 valence electrons. The molecule has 0 atom stereocenters. The Morgan fingerprint density at radius 2 is 2.11 bits per heavy atom. The molecular formula is C12H10N2O3S. The van der Waals surface area contributed by atoms with E-state index in [1.807, 2.05) is 12.1 Å². The molecule has 0 unspecified atom stereocenters.